The molecule has 15 heteroatoms. The van der Waals surface area contributed by atoms with Crippen LogP contribution in [0.5, 0.6) is 0 Å². The van der Waals surface area contributed by atoms with Crippen molar-refractivity contribution in [1.29, 1.82) is 0 Å². The normalized spacial score (nSPS) is 11.8. The monoisotopic (exact) mass is 1480 g/mol. The molecule has 0 saturated heterocycles. The molecule has 0 N–H and O–H groups in total. The van der Waals surface area contributed by atoms with Crippen molar-refractivity contribution < 1.29 is 0 Å². The number of hydrogen-bond donors (Lipinski definition) is 0. The molecular weight excluding hydrogens is 1420 g/mol. The maximum absolute atomic E-state index is 4.79. The molecule has 12 aromatic heterocycles. The summed E-state index contributed by atoms with van der Waals surface area (Å²) in [5.41, 5.74) is 20.5. The van der Waals surface area contributed by atoms with E-state index < -0.39 is 0 Å². The molecule has 0 aliphatic rings. The summed E-state index contributed by atoms with van der Waals surface area (Å²) in [6, 6.07) is 116. The standard InChI is InChI=1S/3C32H20N4S/c1-2-10-21(11-3-1)35-27-15-6-4-12-22(27)24-17-18-25-23-13-5-7-16-28(23)36(31(25)30(24)35)29-20-34-32(37-29)26-14-8-9-19-33-26;1-2-10-21(11-3-1)35-25-15-6-4-12-22(25)30-27(35)17-18-28-31(30)23-13-5-7-16-26(23)36(28)29-20-34-32(37-29)24-14-8-9-19-33-24;1-2-10-21(11-3-1)35-27-15-6-4-12-22(27)24-18-25-23-13-5-7-16-28(23)36(30(25)19-29(24)35)31-20-34-32(37-31)26-14-8-9-17-33-26/h3*1-20H. The SMILES string of the molecule is c1ccc(-n2c3ccccc3c3c4c5ccccc5n(-c5cnc(-c6ccccn6)s5)c4ccc32)cc1.c1ccc(-n2c3ccccc3c3cc4c5ccccc5n(-c5cnc(-c6ccccn6)s5)c4cc32)cc1.c1ccc(-n2c3ccccc3c3ccc4c5ccccc5n(-c5cnc(-c6ccccn6)s5)c4c32)cc1. The van der Waals surface area contributed by atoms with Crippen molar-refractivity contribution in [2.45, 2.75) is 0 Å². The van der Waals surface area contributed by atoms with E-state index in [9.17, 15) is 0 Å². The highest BCUT2D eigenvalue weighted by atomic mass is 32.1. The van der Waals surface area contributed by atoms with Crippen molar-refractivity contribution in [3.05, 3.63) is 365 Å². The van der Waals surface area contributed by atoms with Crippen molar-refractivity contribution in [3.63, 3.8) is 0 Å². The molecule has 0 saturated carbocycles. The minimum atomic E-state index is 0.892. The van der Waals surface area contributed by atoms with E-state index in [1.54, 1.807) is 34.0 Å². The van der Waals surface area contributed by atoms with E-state index >= 15 is 0 Å². The second-order valence-corrected chi connectivity index (χ2v) is 30.4. The molecule has 0 aliphatic carbocycles. The zero-order valence-electron chi connectivity index (χ0n) is 59.2. The van der Waals surface area contributed by atoms with Gasteiger partial charge in [-0.25, -0.2) is 15.0 Å². The van der Waals surface area contributed by atoms with E-state index in [0.29, 0.717) is 0 Å². The number of pyridine rings is 3. The van der Waals surface area contributed by atoms with Gasteiger partial charge in [0, 0.05) is 100 Å². The summed E-state index contributed by atoms with van der Waals surface area (Å²) < 4.78 is 14.2. The summed E-state index contributed by atoms with van der Waals surface area (Å²) in [6.45, 7) is 0. The van der Waals surface area contributed by atoms with Gasteiger partial charge >= 0.3 is 0 Å². The van der Waals surface area contributed by atoms with Gasteiger partial charge in [-0.05, 0) is 133 Å². The number of benzene rings is 12. The van der Waals surface area contributed by atoms with Crippen LogP contribution in [-0.2, 0) is 0 Å². The number of hydrogen-bond acceptors (Lipinski definition) is 9. The Morgan fingerprint density at radius 3 is 0.919 bits per heavy atom. The fourth-order valence-corrected chi connectivity index (χ4v) is 19.4. The molecule has 24 rings (SSSR count). The highest BCUT2D eigenvalue weighted by Crippen LogP contribution is 2.47. The number of nitrogens with zero attached hydrogens (tertiary/aromatic N) is 12. The maximum atomic E-state index is 4.79. The molecule has 0 atom stereocenters. The molecule has 522 valence electrons. The Kier molecular flexibility index (Phi) is 15.2. The van der Waals surface area contributed by atoms with E-state index in [1.807, 2.05) is 91.8 Å². The second kappa shape index (κ2) is 26.3. The van der Waals surface area contributed by atoms with Gasteiger partial charge in [0.1, 0.15) is 30.0 Å². The molecule has 0 unspecified atom stereocenters. The van der Waals surface area contributed by atoms with Crippen LogP contribution >= 0.6 is 34.0 Å². The van der Waals surface area contributed by atoms with Crippen LogP contribution in [0, 0.1) is 0 Å². The summed E-state index contributed by atoms with van der Waals surface area (Å²) in [7, 11) is 0. The van der Waals surface area contributed by atoms with E-state index in [1.165, 1.54) is 137 Å². The summed E-state index contributed by atoms with van der Waals surface area (Å²) >= 11 is 5.01. The first-order valence-corrected chi connectivity index (χ1v) is 39.2. The molecule has 111 heavy (non-hydrogen) atoms. The lowest BCUT2D eigenvalue weighted by molar-refractivity contribution is 1.16. The lowest BCUT2D eigenvalue weighted by atomic mass is 10.1. The Morgan fingerprint density at radius 1 is 0.189 bits per heavy atom. The minimum Gasteiger partial charge on any atom is -0.309 e. The molecule has 12 aromatic carbocycles. The number of thiazole rings is 3. The highest BCUT2D eigenvalue weighted by molar-refractivity contribution is 7.18. The van der Waals surface area contributed by atoms with Gasteiger partial charge in [0.15, 0.2) is 0 Å². The molecule has 0 radical (unpaired) electrons. The van der Waals surface area contributed by atoms with E-state index in [2.05, 4.69) is 315 Å². The van der Waals surface area contributed by atoms with Crippen molar-refractivity contribution in [3.8, 4) is 64.2 Å². The van der Waals surface area contributed by atoms with Crippen molar-refractivity contribution in [2.24, 2.45) is 0 Å². The molecule has 0 spiro atoms. The third-order valence-electron chi connectivity index (χ3n) is 21.2. The van der Waals surface area contributed by atoms with E-state index in [-0.39, 0.29) is 0 Å². The molecule has 12 nitrogen and oxygen atoms in total. The first-order valence-electron chi connectivity index (χ1n) is 36.8. The molecule has 24 aromatic rings. The Labute approximate surface area is 646 Å². The molecule has 0 amide bonds. The van der Waals surface area contributed by atoms with Crippen LogP contribution in [0.25, 0.3) is 195 Å². The van der Waals surface area contributed by atoms with Crippen molar-refractivity contribution in [2.75, 3.05) is 0 Å². The van der Waals surface area contributed by atoms with Crippen LogP contribution in [-0.4, -0.2) is 57.3 Å². The predicted molar refractivity (Wildman–Crippen MR) is 462 cm³/mol. The van der Waals surface area contributed by atoms with Gasteiger partial charge in [0.25, 0.3) is 0 Å². The van der Waals surface area contributed by atoms with Crippen LogP contribution in [0.3, 0.4) is 0 Å². The third-order valence-corrected chi connectivity index (χ3v) is 24.3. The Balaban J connectivity index is 0.000000102. The van der Waals surface area contributed by atoms with Gasteiger partial charge in [-0.1, -0.05) is 228 Å². The fraction of sp³-hybridized carbons (Fsp3) is 0. The molecule has 0 fully saturated rings. The van der Waals surface area contributed by atoms with Crippen LogP contribution in [0.15, 0.2) is 365 Å². The van der Waals surface area contributed by atoms with Gasteiger partial charge in [0.2, 0.25) is 0 Å². The van der Waals surface area contributed by atoms with Gasteiger partial charge in [-0.15, -0.1) is 0 Å². The highest BCUT2D eigenvalue weighted by Gasteiger charge is 2.26. The Morgan fingerprint density at radius 2 is 0.486 bits per heavy atom. The van der Waals surface area contributed by atoms with Crippen LogP contribution in [0.2, 0.25) is 0 Å². The first-order chi connectivity index (χ1) is 55.1. The number of aromatic nitrogens is 12. The lowest BCUT2D eigenvalue weighted by Crippen LogP contribution is -1.97. The third kappa shape index (κ3) is 10.4. The second-order valence-electron chi connectivity index (χ2n) is 27.4. The average Bonchev–Trinajstić information content (AvgIpc) is 1.56. The topological polar surface area (TPSA) is 107 Å². The summed E-state index contributed by atoms with van der Waals surface area (Å²) in [6.07, 6.45) is 11.4. The van der Waals surface area contributed by atoms with Gasteiger partial charge in [0.05, 0.1) is 102 Å². The summed E-state index contributed by atoms with van der Waals surface area (Å²) in [4.78, 5) is 27.8. The van der Waals surface area contributed by atoms with Crippen LogP contribution in [0.1, 0.15) is 0 Å². The van der Waals surface area contributed by atoms with Crippen molar-refractivity contribution >= 4 is 165 Å². The number of rotatable bonds is 9. The zero-order valence-corrected chi connectivity index (χ0v) is 61.7. The number of fused-ring (bicyclic) bond motifs is 20. The van der Waals surface area contributed by atoms with Gasteiger partial charge < -0.3 is 13.7 Å². The molecular formula is C96H60N12S3. The summed E-state index contributed by atoms with van der Waals surface area (Å²) in [5.74, 6) is 0. The Hall–Kier alpha value is -14.2. The van der Waals surface area contributed by atoms with Crippen molar-refractivity contribution in [1.82, 2.24) is 57.3 Å². The maximum Gasteiger partial charge on any atom is 0.143 e. The largest absolute Gasteiger partial charge is 0.309 e. The van der Waals surface area contributed by atoms with E-state index in [4.69, 9.17) is 15.0 Å². The van der Waals surface area contributed by atoms with Crippen LogP contribution in [0.4, 0.5) is 0 Å². The predicted octanol–water partition coefficient (Wildman–Crippen LogP) is 25.2. The van der Waals surface area contributed by atoms with E-state index in [0.717, 1.165) is 58.5 Å². The average molecular weight is 1480 g/mol. The smallest absolute Gasteiger partial charge is 0.143 e. The first kappa shape index (κ1) is 64.0. The number of para-hydroxylation sites is 9. The Bertz CT molecular complexity index is 7700. The molecule has 12 heterocycles. The molecule has 0 bridgehead atoms. The van der Waals surface area contributed by atoms with Gasteiger partial charge in [-0.2, -0.15) is 0 Å². The fourth-order valence-electron chi connectivity index (χ4n) is 16.6. The quantitative estimate of drug-likeness (QED) is 0.142. The zero-order chi connectivity index (χ0) is 73.0. The summed E-state index contributed by atoms with van der Waals surface area (Å²) in [5, 5.41) is 21.0. The van der Waals surface area contributed by atoms with Gasteiger partial charge in [-0.3, -0.25) is 28.7 Å². The lowest BCUT2D eigenvalue weighted by Gasteiger charge is -2.11. The minimum absolute atomic E-state index is 0.892. The van der Waals surface area contributed by atoms with Crippen LogP contribution < -0.4 is 0 Å². The molecule has 0 aliphatic heterocycles.